The number of carbonyl (C=O) groups excluding carboxylic acids is 1. The van der Waals surface area contributed by atoms with Gasteiger partial charge in [0.1, 0.15) is 0 Å². The van der Waals surface area contributed by atoms with Crippen LogP contribution in [0.25, 0.3) is 0 Å². The van der Waals surface area contributed by atoms with Crippen LogP contribution in [0.15, 0.2) is 11.3 Å². The second kappa shape index (κ2) is 3.05. The number of rotatable bonds is 1. The van der Waals surface area contributed by atoms with Crippen molar-refractivity contribution in [2.24, 2.45) is 0 Å². The van der Waals surface area contributed by atoms with Gasteiger partial charge in [-0.25, -0.2) is 4.79 Å². The van der Waals surface area contributed by atoms with E-state index in [0.29, 0.717) is 6.04 Å². The number of carbonyl (C=O) groups is 1. The SMILES string of the molecule is COC(=O)C1=C2CCC(CC1)N2C. The van der Waals surface area contributed by atoms with Crippen LogP contribution in [0.3, 0.4) is 0 Å². The molecular weight excluding hydrogens is 166 g/mol. The Morgan fingerprint density at radius 3 is 2.85 bits per heavy atom. The molecule has 1 unspecified atom stereocenters. The molecule has 1 saturated heterocycles. The minimum Gasteiger partial charge on any atom is -0.466 e. The first-order valence-corrected chi connectivity index (χ1v) is 4.77. The molecule has 1 atom stereocenters. The number of fused-ring (bicyclic) bond motifs is 2. The maximum Gasteiger partial charge on any atom is 0.335 e. The molecule has 72 valence electrons. The van der Waals surface area contributed by atoms with Crippen LogP contribution in [0.1, 0.15) is 25.7 Å². The number of esters is 1. The summed E-state index contributed by atoms with van der Waals surface area (Å²) in [5.41, 5.74) is 2.11. The molecule has 2 aliphatic rings. The molecule has 3 heteroatoms. The molecule has 0 radical (unpaired) electrons. The average Bonchev–Trinajstić information content (AvgIpc) is 2.41. The van der Waals surface area contributed by atoms with E-state index in [9.17, 15) is 4.79 Å². The van der Waals surface area contributed by atoms with Crippen molar-refractivity contribution in [3.8, 4) is 0 Å². The van der Waals surface area contributed by atoms with Gasteiger partial charge < -0.3 is 9.64 Å². The second-order valence-corrected chi connectivity index (χ2v) is 3.76. The number of ether oxygens (including phenoxy) is 1. The minimum atomic E-state index is -0.137. The number of allylic oxidation sites excluding steroid dienone is 1. The topological polar surface area (TPSA) is 29.5 Å². The van der Waals surface area contributed by atoms with Gasteiger partial charge in [0, 0.05) is 18.8 Å². The van der Waals surface area contributed by atoms with E-state index in [-0.39, 0.29) is 5.97 Å². The zero-order chi connectivity index (χ0) is 9.42. The van der Waals surface area contributed by atoms with Crippen LogP contribution in [0.5, 0.6) is 0 Å². The second-order valence-electron chi connectivity index (χ2n) is 3.76. The van der Waals surface area contributed by atoms with Crippen LogP contribution >= 0.6 is 0 Å². The van der Waals surface area contributed by atoms with Gasteiger partial charge in [0.05, 0.1) is 12.7 Å². The van der Waals surface area contributed by atoms with Crippen molar-refractivity contribution >= 4 is 5.97 Å². The summed E-state index contributed by atoms with van der Waals surface area (Å²) in [7, 11) is 3.53. The summed E-state index contributed by atoms with van der Waals surface area (Å²) in [6, 6.07) is 0.670. The van der Waals surface area contributed by atoms with Gasteiger partial charge in [-0.05, 0) is 25.7 Å². The largest absolute Gasteiger partial charge is 0.466 e. The summed E-state index contributed by atoms with van der Waals surface area (Å²) in [5.74, 6) is -0.137. The first-order chi connectivity index (χ1) is 6.24. The zero-order valence-corrected chi connectivity index (χ0v) is 8.17. The van der Waals surface area contributed by atoms with E-state index in [1.807, 2.05) is 0 Å². The van der Waals surface area contributed by atoms with Gasteiger partial charge in [-0.1, -0.05) is 0 Å². The highest BCUT2D eigenvalue weighted by Crippen LogP contribution is 2.37. The number of hydrogen-bond acceptors (Lipinski definition) is 3. The summed E-state index contributed by atoms with van der Waals surface area (Å²) in [4.78, 5) is 13.6. The van der Waals surface area contributed by atoms with Crippen LogP contribution < -0.4 is 0 Å². The maximum absolute atomic E-state index is 11.4. The number of methoxy groups -OCH3 is 1. The predicted octanol–water partition coefficient (Wildman–Crippen LogP) is 1.30. The molecule has 2 heterocycles. The van der Waals surface area contributed by atoms with Crippen molar-refractivity contribution in [2.75, 3.05) is 14.2 Å². The smallest absolute Gasteiger partial charge is 0.335 e. The number of nitrogens with zero attached hydrogens (tertiary/aromatic N) is 1. The van der Waals surface area contributed by atoms with E-state index in [1.54, 1.807) is 0 Å². The third-order valence-electron chi connectivity index (χ3n) is 3.20. The Labute approximate surface area is 78.4 Å². The Morgan fingerprint density at radius 1 is 1.46 bits per heavy atom. The van der Waals surface area contributed by atoms with Crippen molar-refractivity contribution < 1.29 is 9.53 Å². The van der Waals surface area contributed by atoms with E-state index in [1.165, 1.54) is 19.2 Å². The molecule has 2 aliphatic heterocycles. The van der Waals surface area contributed by atoms with Crippen molar-refractivity contribution in [3.63, 3.8) is 0 Å². The van der Waals surface area contributed by atoms with Crippen LogP contribution in [0, 0.1) is 0 Å². The van der Waals surface area contributed by atoms with Gasteiger partial charge in [0.2, 0.25) is 0 Å². The molecule has 0 amide bonds. The maximum atomic E-state index is 11.4. The predicted molar refractivity (Wildman–Crippen MR) is 49.1 cm³/mol. The first-order valence-electron chi connectivity index (χ1n) is 4.77. The molecule has 0 aromatic rings. The molecule has 2 rings (SSSR count). The molecule has 0 aromatic heterocycles. The molecule has 1 fully saturated rings. The highest BCUT2D eigenvalue weighted by atomic mass is 16.5. The van der Waals surface area contributed by atoms with Crippen LogP contribution in [-0.4, -0.2) is 31.1 Å². The van der Waals surface area contributed by atoms with E-state index in [4.69, 9.17) is 4.74 Å². The lowest BCUT2D eigenvalue weighted by Gasteiger charge is -2.29. The van der Waals surface area contributed by atoms with Crippen molar-refractivity contribution in [1.29, 1.82) is 0 Å². The van der Waals surface area contributed by atoms with E-state index in [0.717, 1.165) is 24.8 Å². The third kappa shape index (κ3) is 1.23. The minimum absolute atomic E-state index is 0.137. The monoisotopic (exact) mass is 181 g/mol. The van der Waals surface area contributed by atoms with E-state index >= 15 is 0 Å². The fourth-order valence-electron chi connectivity index (χ4n) is 2.39. The molecule has 3 nitrogen and oxygen atoms in total. The summed E-state index contributed by atoms with van der Waals surface area (Å²) in [6.07, 6.45) is 4.25. The fraction of sp³-hybridized carbons (Fsp3) is 0.700. The lowest BCUT2D eigenvalue weighted by molar-refractivity contribution is -0.136. The van der Waals surface area contributed by atoms with Crippen molar-refractivity contribution in [1.82, 2.24) is 4.90 Å². The molecule has 0 N–H and O–H groups in total. The number of hydrogen-bond donors (Lipinski definition) is 0. The average molecular weight is 181 g/mol. The van der Waals surface area contributed by atoms with Crippen molar-refractivity contribution in [2.45, 2.75) is 31.7 Å². The van der Waals surface area contributed by atoms with Crippen LogP contribution in [-0.2, 0) is 9.53 Å². The van der Waals surface area contributed by atoms with Gasteiger partial charge in [-0.3, -0.25) is 0 Å². The van der Waals surface area contributed by atoms with Gasteiger partial charge in [-0.15, -0.1) is 0 Å². The zero-order valence-electron chi connectivity index (χ0n) is 8.17. The lowest BCUT2D eigenvalue weighted by atomic mass is 10.0. The van der Waals surface area contributed by atoms with Crippen molar-refractivity contribution in [3.05, 3.63) is 11.3 Å². The third-order valence-corrected chi connectivity index (χ3v) is 3.20. The Kier molecular flexibility index (Phi) is 2.02. The standard InChI is InChI=1S/C10H15NO2/c1-11-7-3-5-8(10(12)13-2)9(11)6-4-7/h7H,3-6H2,1-2H3. The summed E-state index contributed by atoms with van der Waals surface area (Å²) in [5, 5.41) is 0. The van der Waals surface area contributed by atoms with Gasteiger partial charge in [0.25, 0.3) is 0 Å². The van der Waals surface area contributed by atoms with Crippen LogP contribution in [0.4, 0.5) is 0 Å². The van der Waals surface area contributed by atoms with Crippen LogP contribution in [0.2, 0.25) is 0 Å². The fourth-order valence-corrected chi connectivity index (χ4v) is 2.39. The molecule has 0 aromatic carbocycles. The summed E-state index contributed by atoms with van der Waals surface area (Å²) in [6.45, 7) is 0. The molecule has 2 bridgehead atoms. The molecular formula is C10H15NO2. The molecule has 0 spiro atoms. The molecule has 0 aliphatic carbocycles. The highest BCUT2D eigenvalue weighted by Gasteiger charge is 2.34. The van der Waals surface area contributed by atoms with E-state index in [2.05, 4.69) is 11.9 Å². The highest BCUT2D eigenvalue weighted by molar-refractivity contribution is 5.89. The Bertz CT molecular complexity index is 270. The summed E-state index contributed by atoms with van der Waals surface area (Å²) < 4.78 is 4.77. The molecule has 13 heavy (non-hydrogen) atoms. The van der Waals surface area contributed by atoms with Gasteiger partial charge >= 0.3 is 5.97 Å². The normalized spacial score (nSPS) is 26.6. The van der Waals surface area contributed by atoms with Gasteiger partial charge in [-0.2, -0.15) is 0 Å². The van der Waals surface area contributed by atoms with E-state index < -0.39 is 0 Å². The quantitative estimate of drug-likeness (QED) is 0.571. The lowest BCUT2D eigenvalue weighted by Crippen LogP contribution is -2.30. The molecule has 0 saturated carbocycles. The Morgan fingerprint density at radius 2 is 2.15 bits per heavy atom. The Hall–Kier alpha value is -0.990. The van der Waals surface area contributed by atoms with Gasteiger partial charge in [0.15, 0.2) is 0 Å². The Balaban J connectivity index is 2.31. The first kappa shape index (κ1) is 8.60. The summed E-state index contributed by atoms with van der Waals surface area (Å²) >= 11 is 0.